The molecule has 278 valence electrons. The van der Waals surface area contributed by atoms with Crippen molar-refractivity contribution in [1.82, 2.24) is 20.2 Å². The molecule has 6 N–H and O–H groups in total. The number of aromatic nitrogens is 2. The van der Waals surface area contributed by atoms with E-state index >= 15 is 0 Å². The minimum Gasteiger partial charge on any atom is -0.344 e. The second-order valence-corrected chi connectivity index (χ2v) is 15.0. The van der Waals surface area contributed by atoms with Gasteiger partial charge in [-0.15, -0.1) is 12.4 Å². The molecule has 4 aromatic carbocycles. The summed E-state index contributed by atoms with van der Waals surface area (Å²) in [4.78, 5) is 41.4. The van der Waals surface area contributed by atoms with Gasteiger partial charge in [0.15, 0.2) is 5.82 Å². The number of hydrogen-bond acceptors (Lipinski definition) is 8. The molecule has 5 aromatic rings. The third-order valence-corrected chi connectivity index (χ3v) is 11.0. The van der Waals surface area contributed by atoms with Gasteiger partial charge in [-0.1, -0.05) is 65.8 Å². The minimum absolute atomic E-state index is 0. The maximum atomic E-state index is 13.8. The predicted octanol–water partition coefficient (Wildman–Crippen LogP) is 5.34. The molecule has 1 aromatic heterocycles. The van der Waals surface area contributed by atoms with Crippen molar-refractivity contribution in [3.05, 3.63) is 124 Å². The lowest BCUT2D eigenvalue weighted by molar-refractivity contribution is -0.130. The van der Waals surface area contributed by atoms with E-state index in [9.17, 15) is 22.8 Å². The fourth-order valence-corrected chi connectivity index (χ4v) is 7.54. The van der Waals surface area contributed by atoms with Crippen molar-refractivity contribution in [3.8, 4) is 22.5 Å². The molecule has 53 heavy (non-hydrogen) atoms. The molecule has 1 heterocycles. The van der Waals surface area contributed by atoms with Crippen molar-refractivity contribution in [3.63, 3.8) is 0 Å². The lowest BCUT2D eigenvalue weighted by atomic mass is 9.81. The summed E-state index contributed by atoms with van der Waals surface area (Å²) in [6.07, 6.45) is 3.35. The van der Waals surface area contributed by atoms with Gasteiger partial charge in [-0.3, -0.25) is 19.1 Å². The van der Waals surface area contributed by atoms with E-state index < -0.39 is 27.7 Å². The highest BCUT2D eigenvalue weighted by Crippen LogP contribution is 2.30. The molecule has 12 nitrogen and oxygen atoms in total. The third kappa shape index (κ3) is 10.1. The maximum absolute atomic E-state index is 13.8. The van der Waals surface area contributed by atoms with Crippen LogP contribution >= 0.6 is 12.4 Å². The number of carbonyl (C=O) groups excluding carboxylic acids is 2. The molecule has 0 aliphatic heterocycles. The van der Waals surface area contributed by atoms with Gasteiger partial charge < -0.3 is 16.4 Å². The van der Waals surface area contributed by atoms with E-state index in [0.29, 0.717) is 36.6 Å². The maximum Gasteiger partial charge on any atom is 0.439 e. The molecular weight excluding hydrogens is 716 g/mol. The van der Waals surface area contributed by atoms with Gasteiger partial charge in [0.25, 0.3) is 0 Å². The summed E-state index contributed by atoms with van der Waals surface area (Å²) in [6, 6.07) is 27.7. The Morgan fingerprint density at radius 3 is 2.30 bits per heavy atom. The van der Waals surface area contributed by atoms with E-state index in [1.165, 1.54) is 0 Å². The van der Waals surface area contributed by atoms with Crippen LogP contribution in [0.1, 0.15) is 42.4 Å². The second kappa shape index (κ2) is 17.6. The Labute approximate surface area is 314 Å². The lowest BCUT2D eigenvalue weighted by Gasteiger charge is -2.28. The molecule has 1 saturated carbocycles. The monoisotopic (exact) mass is 758 g/mol. The van der Waals surface area contributed by atoms with Crippen LogP contribution in [0.3, 0.4) is 0 Å². The molecular formula is C39H43ClN6O6S. The molecule has 0 saturated heterocycles. The largest absolute Gasteiger partial charge is 0.439 e. The summed E-state index contributed by atoms with van der Waals surface area (Å²) < 4.78 is 33.8. The number of halogens is 1. The van der Waals surface area contributed by atoms with Crippen LogP contribution in [0.4, 0.5) is 5.69 Å². The summed E-state index contributed by atoms with van der Waals surface area (Å²) in [6.45, 7) is 2.68. The first kappa shape index (κ1) is 39.1. The van der Waals surface area contributed by atoms with Crippen molar-refractivity contribution in [2.24, 2.45) is 17.6 Å². The fraction of sp³-hybridized carbons (Fsp3) is 0.282. The number of aryl methyl sites for hydroxylation is 1. The van der Waals surface area contributed by atoms with Gasteiger partial charge in [0, 0.05) is 30.1 Å². The quantitative estimate of drug-likeness (QED) is 0.106. The SMILES string of the molecule is Cc1ccc(S(=O)(=O)NCc2ccccc2)cc1-c1cccc(C[C@H](NC(=O)C2CCC(CN)CC2)C(=O)Nc2ccc(-c3noc(=O)[nH]3)cc2)c1.Cl. The van der Waals surface area contributed by atoms with Crippen molar-refractivity contribution in [2.45, 2.75) is 56.5 Å². The van der Waals surface area contributed by atoms with Gasteiger partial charge in [-0.05, 0) is 109 Å². The average molecular weight is 759 g/mol. The van der Waals surface area contributed by atoms with Crippen LogP contribution in [0.15, 0.2) is 111 Å². The number of benzene rings is 4. The highest BCUT2D eigenvalue weighted by molar-refractivity contribution is 7.89. The zero-order valence-corrected chi connectivity index (χ0v) is 30.8. The number of nitrogens with one attached hydrogen (secondary N) is 4. The van der Waals surface area contributed by atoms with E-state index in [4.69, 9.17) is 5.73 Å². The standard InChI is InChI=1S/C39H42N6O6S.ClH/c1-25-10-19-33(52(49,50)41-24-27-6-3-2-4-7-27)22-34(25)31-9-5-8-28(20-31)21-35(43-37(46)30-13-11-26(23-40)12-14-30)38(47)42-32-17-15-29(16-18-32)36-44-39(48)51-45-36;/h2-10,15-20,22,26,30,35,41H,11-14,21,23-24,40H2,1H3,(H,42,47)(H,43,46)(H,44,45,48);1H/t26?,30?,35-;/m0./s1. The summed E-state index contributed by atoms with van der Waals surface area (Å²) in [5.74, 6) is -0.786. The topological polar surface area (TPSA) is 189 Å². The summed E-state index contributed by atoms with van der Waals surface area (Å²) in [5, 5.41) is 9.63. The molecule has 0 spiro atoms. The third-order valence-electron chi connectivity index (χ3n) is 9.56. The molecule has 0 bridgehead atoms. The van der Waals surface area contributed by atoms with Crippen molar-refractivity contribution >= 4 is 39.9 Å². The molecule has 1 fully saturated rings. The molecule has 14 heteroatoms. The van der Waals surface area contributed by atoms with Gasteiger partial charge in [0.05, 0.1) is 4.90 Å². The number of amides is 2. The normalized spacial score (nSPS) is 16.3. The zero-order valence-electron chi connectivity index (χ0n) is 29.2. The van der Waals surface area contributed by atoms with Crippen LogP contribution in [-0.2, 0) is 32.6 Å². The van der Waals surface area contributed by atoms with Crippen molar-refractivity contribution in [1.29, 1.82) is 0 Å². The summed E-state index contributed by atoms with van der Waals surface area (Å²) >= 11 is 0. The van der Waals surface area contributed by atoms with Crippen LogP contribution < -0.4 is 26.8 Å². The smallest absolute Gasteiger partial charge is 0.344 e. The zero-order chi connectivity index (χ0) is 36.7. The molecule has 0 radical (unpaired) electrons. The Kier molecular flexibility index (Phi) is 13.0. The molecule has 2 amide bonds. The number of hydrogen-bond donors (Lipinski definition) is 5. The summed E-state index contributed by atoms with van der Waals surface area (Å²) in [5.41, 5.74) is 11.0. The summed E-state index contributed by atoms with van der Waals surface area (Å²) in [7, 11) is -3.80. The number of rotatable bonds is 13. The van der Waals surface area contributed by atoms with Gasteiger partial charge in [-0.2, -0.15) is 0 Å². The minimum atomic E-state index is -3.80. The first-order chi connectivity index (χ1) is 25.1. The van der Waals surface area contributed by atoms with Crippen LogP contribution in [-0.4, -0.2) is 43.0 Å². The number of nitrogens with two attached hydrogens (primary N) is 1. The van der Waals surface area contributed by atoms with Gasteiger partial charge in [-0.25, -0.2) is 17.9 Å². The number of aromatic amines is 1. The average Bonchev–Trinajstić information content (AvgIpc) is 3.60. The number of sulfonamides is 1. The Morgan fingerprint density at radius 2 is 1.62 bits per heavy atom. The Balaban J connectivity index is 0.00000541. The number of H-pyrrole nitrogens is 1. The van der Waals surface area contributed by atoms with Crippen LogP contribution in [0.2, 0.25) is 0 Å². The Bertz CT molecular complexity index is 2180. The molecule has 0 unspecified atom stereocenters. The van der Waals surface area contributed by atoms with Gasteiger partial charge >= 0.3 is 5.76 Å². The van der Waals surface area contributed by atoms with Crippen LogP contribution in [0.25, 0.3) is 22.5 Å². The van der Waals surface area contributed by atoms with E-state index in [-0.39, 0.29) is 47.9 Å². The van der Waals surface area contributed by atoms with Crippen molar-refractivity contribution in [2.75, 3.05) is 11.9 Å². The van der Waals surface area contributed by atoms with E-state index in [2.05, 4.69) is 30.0 Å². The number of anilines is 1. The van der Waals surface area contributed by atoms with E-state index in [1.54, 1.807) is 42.5 Å². The van der Waals surface area contributed by atoms with E-state index in [0.717, 1.165) is 40.7 Å². The molecule has 1 aliphatic carbocycles. The Morgan fingerprint density at radius 1 is 0.906 bits per heavy atom. The Hall–Kier alpha value is -5.08. The van der Waals surface area contributed by atoms with Gasteiger partial charge in [0.2, 0.25) is 21.8 Å². The predicted molar refractivity (Wildman–Crippen MR) is 206 cm³/mol. The highest BCUT2D eigenvalue weighted by Gasteiger charge is 2.29. The highest BCUT2D eigenvalue weighted by atomic mass is 35.5. The number of nitrogens with zero attached hydrogens (tertiary/aromatic N) is 1. The van der Waals surface area contributed by atoms with Crippen LogP contribution in [0, 0.1) is 18.8 Å². The fourth-order valence-electron chi connectivity index (χ4n) is 6.49. The molecule has 1 aliphatic rings. The molecule has 6 rings (SSSR count). The van der Waals surface area contributed by atoms with E-state index in [1.807, 2.05) is 61.5 Å². The second-order valence-electron chi connectivity index (χ2n) is 13.2. The molecule has 1 atom stereocenters. The van der Waals surface area contributed by atoms with Crippen molar-refractivity contribution < 1.29 is 22.5 Å². The first-order valence-corrected chi connectivity index (χ1v) is 18.8. The first-order valence-electron chi connectivity index (χ1n) is 17.3. The number of carbonyl (C=O) groups is 2. The lowest BCUT2D eigenvalue weighted by Crippen LogP contribution is -2.48. The van der Waals surface area contributed by atoms with Gasteiger partial charge in [0.1, 0.15) is 6.04 Å². The van der Waals surface area contributed by atoms with Crippen LogP contribution in [0.5, 0.6) is 0 Å².